The van der Waals surface area contributed by atoms with Gasteiger partial charge in [0.2, 0.25) is 6.79 Å². The number of fused-ring (bicyclic) bond motifs is 1. The number of aromatic amines is 1. The van der Waals surface area contributed by atoms with Crippen molar-refractivity contribution in [3.8, 4) is 17.2 Å². The van der Waals surface area contributed by atoms with Crippen LogP contribution in [0.4, 0.5) is 0 Å². The van der Waals surface area contributed by atoms with Crippen LogP contribution in [0.2, 0.25) is 0 Å². The number of hydrogen-bond acceptors (Lipinski definition) is 6. The van der Waals surface area contributed by atoms with Crippen LogP contribution in [0, 0.1) is 0 Å². The largest absolute Gasteiger partial charge is 0.487 e. The Labute approximate surface area is 150 Å². The van der Waals surface area contributed by atoms with Gasteiger partial charge in [-0.05, 0) is 37.5 Å². The second-order valence-corrected chi connectivity index (χ2v) is 6.28. The summed E-state index contributed by atoms with van der Waals surface area (Å²) < 4.78 is 21.9. The van der Waals surface area contributed by atoms with Crippen molar-refractivity contribution in [1.82, 2.24) is 15.5 Å². The average molecular weight is 359 g/mol. The first-order valence-electron chi connectivity index (χ1n) is 8.74. The molecule has 0 spiro atoms. The average Bonchev–Trinajstić information content (AvgIpc) is 3.34. The highest BCUT2D eigenvalue weighted by Gasteiger charge is 2.17. The lowest BCUT2D eigenvalue weighted by atomic mass is 10.1. The van der Waals surface area contributed by atoms with Crippen molar-refractivity contribution in [3.63, 3.8) is 0 Å². The monoisotopic (exact) mass is 359 g/mol. The van der Waals surface area contributed by atoms with E-state index in [1.807, 2.05) is 6.07 Å². The van der Waals surface area contributed by atoms with Crippen LogP contribution in [0.25, 0.3) is 0 Å². The molecule has 0 saturated carbocycles. The highest BCUT2D eigenvalue weighted by molar-refractivity contribution is 5.92. The van der Waals surface area contributed by atoms with Gasteiger partial charge in [0.1, 0.15) is 18.1 Å². The van der Waals surface area contributed by atoms with E-state index in [0.29, 0.717) is 35.2 Å². The third-order valence-corrected chi connectivity index (χ3v) is 4.37. The molecule has 4 rings (SSSR count). The van der Waals surface area contributed by atoms with Crippen molar-refractivity contribution in [2.75, 3.05) is 19.9 Å². The Morgan fingerprint density at radius 3 is 3.08 bits per heavy atom. The van der Waals surface area contributed by atoms with E-state index >= 15 is 0 Å². The van der Waals surface area contributed by atoms with Gasteiger partial charge in [-0.2, -0.15) is 5.10 Å². The molecule has 0 aliphatic carbocycles. The van der Waals surface area contributed by atoms with E-state index in [1.54, 1.807) is 18.2 Å². The molecule has 8 nitrogen and oxygen atoms in total. The molecule has 8 heteroatoms. The zero-order valence-electron chi connectivity index (χ0n) is 14.3. The lowest BCUT2D eigenvalue weighted by Crippen LogP contribution is -2.35. The highest BCUT2D eigenvalue weighted by Crippen LogP contribution is 2.35. The molecule has 138 valence electrons. The number of rotatable bonds is 6. The number of ether oxygens (including phenoxy) is 4. The number of hydrogen-bond donors (Lipinski definition) is 2. The maximum absolute atomic E-state index is 12.2. The number of nitrogens with one attached hydrogen (secondary N) is 2. The van der Waals surface area contributed by atoms with Gasteiger partial charge in [0, 0.05) is 19.2 Å². The Balaban J connectivity index is 1.27. The molecule has 1 aromatic heterocycles. The van der Waals surface area contributed by atoms with Crippen LogP contribution in [-0.2, 0) is 11.3 Å². The van der Waals surface area contributed by atoms with Crippen molar-refractivity contribution >= 4 is 5.91 Å². The number of aromatic nitrogens is 2. The van der Waals surface area contributed by atoms with E-state index in [2.05, 4.69) is 15.5 Å². The lowest BCUT2D eigenvalue weighted by molar-refractivity contribution is 0.0168. The maximum Gasteiger partial charge on any atom is 0.271 e. The Bertz CT molecular complexity index is 770. The first kappa shape index (κ1) is 16.7. The van der Waals surface area contributed by atoms with E-state index in [1.165, 1.54) is 0 Å². The van der Waals surface area contributed by atoms with Gasteiger partial charge < -0.3 is 24.3 Å². The van der Waals surface area contributed by atoms with E-state index in [9.17, 15) is 4.79 Å². The fraction of sp³-hybridized carbons (Fsp3) is 0.444. The number of benzene rings is 1. The van der Waals surface area contributed by atoms with Crippen LogP contribution in [0.15, 0.2) is 24.3 Å². The molecule has 0 bridgehead atoms. The second kappa shape index (κ2) is 7.65. The van der Waals surface area contributed by atoms with Crippen LogP contribution in [0.5, 0.6) is 17.2 Å². The summed E-state index contributed by atoms with van der Waals surface area (Å²) in [6, 6.07) is 7.07. The zero-order chi connectivity index (χ0) is 17.8. The third-order valence-electron chi connectivity index (χ3n) is 4.37. The second-order valence-electron chi connectivity index (χ2n) is 6.28. The third kappa shape index (κ3) is 3.91. The molecule has 26 heavy (non-hydrogen) atoms. The topological polar surface area (TPSA) is 94.7 Å². The van der Waals surface area contributed by atoms with E-state index in [0.717, 1.165) is 25.9 Å². The summed E-state index contributed by atoms with van der Waals surface area (Å²) in [6.45, 7) is 1.77. The molecule has 1 atom stereocenters. The van der Waals surface area contributed by atoms with Crippen molar-refractivity contribution < 1.29 is 23.7 Å². The number of carbonyl (C=O) groups is 1. The molecule has 0 unspecified atom stereocenters. The van der Waals surface area contributed by atoms with Gasteiger partial charge in [-0.1, -0.05) is 0 Å². The molecule has 2 aromatic rings. The highest BCUT2D eigenvalue weighted by atomic mass is 16.7. The molecule has 1 aromatic carbocycles. The van der Waals surface area contributed by atoms with Gasteiger partial charge in [-0.25, -0.2) is 0 Å². The Hall–Kier alpha value is -2.74. The molecule has 0 radical (unpaired) electrons. The van der Waals surface area contributed by atoms with Crippen molar-refractivity contribution in [1.29, 1.82) is 0 Å². The lowest BCUT2D eigenvalue weighted by Gasteiger charge is -2.22. The summed E-state index contributed by atoms with van der Waals surface area (Å²) in [5.74, 6) is 1.81. The van der Waals surface area contributed by atoms with Gasteiger partial charge in [0.05, 0.1) is 11.8 Å². The fourth-order valence-electron chi connectivity index (χ4n) is 2.95. The predicted molar refractivity (Wildman–Crippen MR) is 91.4 cm³/mol. The first-order chi connectivity index (χ1) is 12.8. The molecule has 3 heterocycles. The van der Waals surface area contributed by atoms with Gasteiger partial charge >= 0.3 is 0 Å². The Morgan fingerprint density at radius 2 is 2.19 bits per heavy atom. The summed E-state index contributed by atoms with van der Waals surface area (Å²) in [4.78, 5) is 12.2. The normalized spacial score (nSPS) is 18.5. The quantitative estimate of drug-likeness (QED) is 0.819. The van der Waals surface area contributed by atoms with Crippen LogP contribution < -0.4 is 19.5 Å². The smallest absolute Gasteiger partial charge is 0.271 e. The van der Waals surface area contributed by atoms with Crippen LogP contribution in [0.3, 0.4) is 0 Å². The van der Waals surface area contributed by atoms with Crippen molar-refractivity contribution in [3.05, 3.63) is 35.7 Å². The summed E-state index contributed by atoms with van der Waals surface area (Å²) in [5, 5.41) is 9.74. The van der Waals surface area contributed by atoms with E-state index in [-0.39, 0.29) is 25.4 Å². The molecule has 1 amide bonds. The van der Waals surface area contributed by atoms with Crippen LogP contribution >= 0.6 is 0 Å². The maximum atomic E-state index is 12.2. The van der Waals surface area contributed by atoms with Crippen molar-refractivity contribution in [2.45, 2.75) is 32.0 Å². The van der Waals surface area contributed by atoms with Crippen molar-refractivity contribution in [2.24, 2.45) is 0 Å². The number of amides is 1. The van der Waals surface area contributed by atoms with E-state index < -0.39 is 0 Å². The minimum absolute atomic E-state index is 0.0976. The Morgan fingerprint density at radius 1 is 1.27 bits per heavy atom. The summed E-state index contributed by atoms with van der Waals surface area (Å²) in [6.07, 6.45) is 3.32. The molecule has 1 saturated heterocycles. The molecular formula is C18H21N3O5. The first-order valence-corrected chi connectivity index (χ1v) is 8.74. The van der Waals surface area contributed by atoms with Gasteiger partial charge in [-0.3, -0.25) is 9.89 Å². The van der Waals surface area contributed by atoms with Gasteiger partial charge in [0.15, 0.2) is 11.5 Å². The minimum Gasteiger partial charge on any atom is -0.487 e. The summed E-state index contributed by atoms with van der Waals surface area (Å²) in [5.41, 5.74) is 1.05. The van der Waals surface area contributed by atoms with Crippen LogP contribution in [-0.4, -0.2) is 42.2 Å². The van der Waals surface area contributed by atoms with E-state index in [4.69, 9.17) is 18.9 Å². The Kier molecular flexibility index (Phi) is 4.92. The molecule has 2 aliphatic rings. The van der Waals surface area contributed by atoms with Gasteiger partial charge in [-0.15, -0.1) is 0 Å². The number of carbonyl (C=O) groups excluding carboxylic acids is 1. The molecular weight excluding hydrogens is 338 g/mol. The predicted octanol–water partition coefficient (Wildman–Crippen LogP) is 2.02. The molecule has 2 N–H and O–H groups in total. The number of H-pyrrole nitrogens is 1. The summed E-state index contributed by atoms with van der Waals surface area (Å²) in [7, 11) is 0. The molecule has 1 fully saturated rings. The zero-order valence-corrected chi connectivity index (χ0v) is 14.3. The molecule has 2 aliphatic heterocycles. The van der Waals surface area contributed by atoms with Crippen LogP contribution in [0.1, 0.15) is 35.4 Å². The standard InChI is InChI=1S/C18H21N3O5/c22-18(19-9-14-3-1-2-6-23-14)15-7-12(20-21-15)10-24-13-4-5-16-17(8-13)26-11-25-16/h4-5,7-8,14H,1-3,6,9-11H2,(H,19,22)(H,20,21)/t14-/m0/s1. The fourth-order valence-corrected chi connectivity index (χ4v) is 2.95. The SMILES string of the molecule is O=C(NC[C@@H]1CCCCO1)c1cc(COc2ccc3c(c2)OCO3)[nH]n1. The van der Waals surface area contributed by atoms with Gasteiger partial charge in [0.25, 0.3) is 5.91 Å². The minimum atomic E-state index is -0.218. The number of nitrogens with zero attached hydrogens (tertiary/aromatic N) is 1. The summed E-state index contributed by atoms with van der Waals surface area (Å²) >= 11 is 0.